The molecule has 0 saturated heterocycles. The fraction of sp³-hybridized carbons (Fsp3) is 0.0500. The first-order valence-corrected chi connectivity index (χ1v) is 8.14. The van der Waals surface area contributed by atoms with Crippen LogP contribution in [0.5, 0.6) is 0 Å². The van der Waals surface area contributed by atoms with Crippen molar-refractivity contribution < 1.29 is 13.6 Å². The van der Waals surface area contributed by atoms with Gasteiger partial charge < -0.3 is 5.73 Å². The second kappa shape index (κ2) is 6.28. The zero-order chi connectivity index (χ0) is 19.0. The summed E-state index contributed by atoms with van der Waals surface area (Å²) in [5, 5.41) is 2.51. The highest BCUT2D eigenvalue weighted by molar-refractivity contribution is 6.09. The molecule has 27 heavy (non-hydrogen) atoms. The van der Waals surface area contributed by atoms with Gasteiger partial charge in [0.05, 0.1) is 6.20 Å². The molecule has 0 saturated carbocycles. The van der Waals surface area contributed by atoms with Gasteiger partial charge in [0.25, 0.3) is 5.91 Å². The van der Waals surface area contributed by atoms with Crippen LogP contribution in [0.25, 0.3) is 11.1 Å². The van der Waals surface area contributed by atoms with Gasteiger partial charge in [0.2, 0.25) is 0 Å². The van der Waals surface area contributed by atoms with E-state index in [1.165, 1.54) is 30.5 Å². The fourth-order valence-electron chi connectivity index (χ4n) is 3.23. The van der Waals surface area contributed by atoms with E-state index in [1.807, 2.05) is 6.07 Å². The van der Waals surface area contributed by atoms with Crippen molar-refractivity contribution in [3.8, 4) is 11.1 Å². The molecule has 3 N–H and O–H groups in total. The number of guanidine groups is 1. The van der Waals surface area contributed by atoms with E-state index < -0.39 is 23.1 Å². The molecule has 1 atom stereocenters. The summed E-state index contributed by atoms with van der Waals surface area (Å²) in [7, 11) is 0. The molecule has 3 aromatic rings. The lowest BCUT2D eigenvalue weighted by molar-refractivity contribution is -0.122. The minimum absolute atomic E-state index is 0.0258. The lowest BCUT2D eigenvalue weighted by Crippen LogP contribution is -2.39. The van der Waals surface area contributed by atoms with Gasteiger partial charge in [-0.1, -0.05) is 36.4 Å². The molecular formula is C20H14F2N4O. The van der Waals surface area contributed by atoms with Crippen LogP contribution in [0.15, 0.2) is 72.0 Å². The van der Waals surface area contributed by atoms with E-state index in [9.17, 15) is 13.6 Å². The number of hydrogen-bond acceptors (Lipinski definition) is 4. The quantitative estimate of drug-likeness (QED) is 0.750. The SMILES string of the molecule is NC1=NC(c2ccccc2)(c2ccc(F)c(-c3cncc(F)c3)c2)C(=O)N1. The predicted octanol–water partition coefficient (Wildman–Crippen LogP) is 2.71. The van der Waals surface area contributed by atoms with Crippen molar-refractivity contribution in [1.29, 1.82) is 0 Å². The third-order valence-electron chi connectivity index (χ3n) is 4.45. The van der Waals surface area contributed by atoms with Crippen molar-refractivity contribution in [3.63, 3.8) is 0 Å². The first-order valence-electron chi connectivity index (χ1n) is 8.14. The van der Waals surface area contributed by atoms with Crippen LogP contribution >= 0.6 is 0 Å². The minimum atomic E-state index is -1.45. The van der Waals surface area contributed by atoms with Crippen molar-refractivity contribution in [3.05, 3.63) is 89.8 Å². The number of amides is 1. The highest BCUT2D eigenvalue weighted by Crippen LogP contribution is 2.38. The summed E-state index contributed by atoms with van der Waals surface area (Å²) >= 11 is 0. The van der Waals surface area contributed by atoms with E-state index in [1.54, 1.807) is 24.3 Å². The Hall–Kier alpha value is -3.61. The van der Waals surface area contributed by atoms with Crippen LogP contribution in [0.2, 0.25) is 0 Å². The zero-order valence-corrected chi connectivity index (χ0v) is 14.0. The van der Waals surface area contributed by atoms with E-state index in [2.05, 4.69) is 15.3 Å². The van der Waals surface area contributed by atoms with Crippen LogP contribution in [-0.2, 0) is 10.3 Å². The van der Waals surface area contributed by atoms with Crippen LogP contribution in [0.1, 0.15) is 11.1 Å². The minimum Gasteiger partial charge on any atom is -0.370 e. The van der Waals surface area contributed by atoms with Gasteiger partial charge in [-0.15, -0.1) is 0 Å². The molecule has 0 spiro atoms. The number of aliphatic imine (C=N–C) groups is 1. The smallest absolute Gasteiger partial charge is 0.263 e. The number of carbonyl (C=O) groups excluding carboxylic acids is 1. The van der Waals surface area contributed by atoms with Crippen LogP contribution in [0.4, 0.5) is 8.78 Å². The summed E-state index contributed by atoms with van der Waals surface area (Å²) in [4.78, 5) is 20.9. The lowest BCUT2D eigenvalue weighted by Gasteiger charge is -2.25. The Morgan fingerprint density at radius 1 is 0.963 bits per heavy atom. The Bertz CT molecular complexity index is 1070. The van der Waals surface area contributed by atoms with Crippen molar-refractivity contribution in [2.24, 2.45) is 10.7 Å². The maximum Gasteiger partial charge on any atom is 0.263 e. The largest absolute Gasteiger partial charge is 0.370 e. The van der Waals surface area contributed by atoms with Gasteiger partial charge in [-0.3, -0.25) is 15.1 Å². The molecule has 1 aromatic heterocycles. The van der Waals surface area contributed by atoms with E-state index >= 15 is 0 Å². The molecule has 0 bridgehead atoms. The average Bonchev–Trinajstić information content (AvgIpc) is 2.98. The number of rotatable bonds is 3. The Balaban J connectivity index is 1.95. The van der Waals surface area contributed by atoms with Crippen molar-refractivity contribution >= 4 is 11.9 Å². The molecule has 1 aliphatic heterocycles. The van der Waals surface area contributed by atoms with E-state index in [-0.39, 0.29) is 17.1 Å². The Labute approximate surface area is 153 Å². The Kier molecular flexibility index (Phi) is 3.92. The normalized spacial score (nSPS) is 18.9. The van der Waals surface area contributed by atoms with Crippen LogP contribution < -0.4 is 11.1 Å². The third-order valence-corrected chi connectivity index (χ3v) is 4.45. The first-order chi connectivity index (χ1) is 13.0. The number of halogens is 2. The van der Waals surface area contributed by atoms with Crippen molar-refractivity contribution in [2.45, 2.75) is 5.54 Å². The second-order valence-corrected chi connectivity index (χ2v) is 6.11. The molecule has 7 heteroatoms. The van der Waals surface area contributed by atoms with Gasteiger partial charge in [0.1, 0.15) is 11.6 Å². The molecule has 0 fully saturated rings. The predicted molar refractivity (Wildman–Crippen MR) is 96.6 cm³/mol. The number of nitrogens with two attached hydrogens (primary N) is 1. The second-order valence-electron chi connectivity index (χ2n) is 6.11. The molecule has 134 valence electrons. The number of benzene rings is 2. The summed E-state index contributed by atoms with van der Waals surface area (Å²) in [5.41, 5.74) is 5.67. The Morgan fingerprint density at radius 3 is 2.41 bits per heavy atom. The molecule has 1 unspecified atom stereocenters. The van der Waals surface area contributed by atoms with E-state index in [0.29, 0.717) is 11.1 Å². The number of carbonyl (C=O) groups is 1. The summed E-state index contributed by atoms with van der Waals surface area (Å²) in [6, 6.07) is 14.2. The first kappa shape index (κ1) is 16.8. The molecule has 2 aromatic carbocycles. The highest BCUT2D eigenvalue weighted by Gasteiger charge is 2.46. The zero-order valence-electron chi connectivity index (χ0n) is 14.0. The van der Waals surface area contributed by atoms with Crippen LogP contribution in [0.3, 0.4) is 0 Å². The number of nitrogens with zero attached hydrogens (tertiary/aromatic N) is 2. The maximum atomic E-state index is 14.5. The van der Waals surface area contributed by atoms with Gasteiger partial charge >= 0.3 is 0 Å². The number of hydrogen-bond donors (Lipinski definition) is 2. The van der Waals surface area contributed by atoms with Crippen molar-refractivity contribution in [2.75, 3.05) is 0 Å². The fourth-order valence-corrected chi connectivity index (χ4v) is 3.23. The topological polar surface area (TPSA) is 80.4 Å². The van der Waals surface area contributed by atoms with Crippen LogP contribution in [0, 0.1) is 11.6 Å². The average molecular weight is 364 g/mol. The summed E-state index contributed by atoms with van der Waals surface area (Å²) in [6.45, 7) is 0. The summed E-state index contributed by atoms with van der Waals surface area (Å²) in [6.07, 6.45) is 2.39. The molecule has 0 aliphatic carbocycles. The number of aromatic nitrogens is 1. The highest BCUT2D eigenvalue weighted by atomic mass is 19.1. The van der Waals surface area contributed by atoms with Gasteiger partial charge in [-0.05, 0) is 29.3 Å². The van der Waals surface area contributed by atoms with Crippen LogP contribution in [-0.4, -0.2) is 16.9 Å². The Morgan fingerprint density at radius 2 is 1.74 bits per heavy atom. The molecule has 1 aliphatic rings. The molecule has 4 rings (SSSR count). The number of nitrogens with one attached hydrogen (secondary N) is 1. The van der Waals surface area contributed by atoms with Crippen molar-refractivity contribution in [1.82, 2.24) is 10.3 Å². The molecular weight excluding hydrogens is 350 g/mol. The lowest BCUT2D eigenvalue weighted by atomic mass is 9.82. The van der Waals surface area contributed by atoms with Gasteiger partial charge in [0.15, 0.2) is 11.5 Å². The molecule has 0 radical (unpaired) electrons. The maximum absolute atomic E-state index is 14.5. The molecule has 2 heterocycles. The molecule has 1 amide bonds. The summed E-state index contributed by atoms with van der Waals surface area (Å²) < 4.78 is 28.0. The van der Waals surface area contributed by atoms with Gasteiger partial charge in [0, 0.05) is 17.3 Å². The summed E-state index contributed by atoms with van der Waals surface area (Å²) in [5.74, 6) is -1.62. The third kappa shape index (κ3) is 2.73. The standard InChI is InChI=1S/C20H14F2N4O/c21-15-8-12(10-24-11-15)16-9-14(6-7-17(16)22)20(13-4-2-1-3-5-13)18(27)25-19(23)26-20/h1-11H,(H3,23,25,26,27). The van der Waals surface area contributed by atoms with Gasteiger partial charge in [-0.2, -0.15) is 0 Å². The molecule has 5 nitrogen and oxygen atoms in total. The monoisotopic (exact) mass is 364 g/mol. The van der Waals surface area contributed by atoms with E-state index in [0.717, 1.165) is 6.20 Å². The van der Waals surface area contributed by atoms with Gasteiger partial charge in [-0.25, -0.2) is 13.8 Å². The van der Waals surface area contributed by atoms with E-state index in [4.69, 9.17) is 5.73 Å². The number of pyridine rings is 1.